The summed E-state index contributed by atoms with van der Waals surface area (Å²) < 4.78 is 12.1. The van der Waals surface area contributed by atoms with Crippen molar-refractivity contribution in [1.29, 1.82) is 0 Å². The van der Waals surface area contributed by atoms with Gasteiger partial charge < -0.3 is 14.4 Å². The predicted octanol–water partition coefficient (Wildman–Crippen LogP) is 2.84. The van der Waals surface area contributed by atoms with Crippen LogP contribution in [0.25, 0.3) is 10.8 Å². The van der Waals surface area contributed by atoms with Crippen molar-refractivity contribution < 1.29 is 19.2 Å². The predicted molar refractivity (Wildman–Crippen MR) is 86.6 cm³/mol. The molecule has 1 saturated heterocycles. The van der Waals surface area contributed by atoms with Crippen molar-refractivity contribution >= 4 is 29.3 Å². The van der Waals surface area contributed by atoms with Gasteiger partial charge in [-0.15, -0.1) is 0 Å². The molecule has 22 heavy (non-hydrogen) atoms. The van der Waals surface area contributed by atoms with E-state index in [0.29, 0.717) is 0 Å². The molecule has 0 bridgehead atoms. The van der Waals surface area contributed by atoms with Crippen LogP contribution in [-0.4, -0.2) is 29.4 Å². The number of carboxylic acid groups (broad SMARTS) is 1. The second-order valence-corrected chi connectivity index (χ2v) is 6.71. The summed E-state index contributed by atoms with van der Waals surface area (Å²) in [6.45, 7) is 8.04. The van der Waals surface area contributed by atoms with Crippen molar-refractivity contribution in [1.82, 2.24) is 0 Å². The third kappa shape index (κ3) is 2.40. The molecular weight excluding hydrogens is 279 g/mol. The van der Waals surface area contributed by atoms with E-state index in [2.05, 4.69) is 0 Å². The van der Waals surface area contributed by atoms with Gasteiger partial charge in [-0.25, -0.2) is 4.79 Å². The number of fused-ring (bicyclic) bond motifs is 1. The molecule has 2 aromatic rings. The van der Waals surface area contributed by atoms with Crippen LogP contribution >= 0.6 is 0 Å². The van der Waals surface area contributed by atoms with E-state index in [-0.39, 0.29) is 5.56 Å². The van der Waals surface area contributed by atoms with E-state index in [9.17, 15) is 4.79 Å². The Morgan fingerprint density at radius 3 is 2.14 bits per heavy atom. The highest BCUT2D eigenvalue weighted by Gasteiger charge is 2.51. The lowest BCUT2D eigenvalue weighted by Gasteiger charge is -2.32. The van der Waals surface area contributed by atoms with E-state index in [1.807, 2.05) is 52.0 Å². The second-order valence-electron chi connectivity index (χ2n) is 6.71. The highest BCUT2D eigenvalue weighted by molar-refractivity contribution is 6.62. The molecule has 2 aromatic carbocycles. The molecule has 0 aliphatic carbocycles. The van der Waals surface area contributed by atoms with E-state index in [4.69, 9.17) is 14.4 Å². The first kappa shape index (κ1) is 15.1. The molecule has 1 heterocycles. The number of rotatable bonds is 2. The van der Waals surface area contributed by atoms with Crippen LogP contribution in [0.2, 0.25) is 0 Å². The molecule has 0 spiro atoms. The Kier molecular flexibility index (Phi) is 3.31. The number of benzene rings is 2. The molecule has 1 fully saturated rings. The average Bonchev–Trinajstić information content (AvgIpc) is 2.66. The van der Waals surface area contributed by atoms with E-state index in [1.165, 1.54) is 0 Å². The maximum Gasteiger partial charge on any atom is 0.494 e. The molecule has 1 aliphatic heterocycles. The van der Waals surface area contributed by atoms with Crippen molar-refractivity contribution in [2.24, 2.45) is 0 Å². The maximum atomic E-state index is 11.1. The molecule has 0 unspecified atom stereocenters. The number of carbonyl (C=O) groups is 1. The van der Waals surface area contributed by atoms with Crippen LogP contribution in [-0.2, 0) is 9.31 Å². The summed E-state index contributed by atoms with van der Waals surface area (Å²) in [6, 6.07) is 11.0. The second kappa shape index (κ2) is 4.83. The lowest BCUT2D eigenvalue weighted by atomic mass is 9.78. The van der Waals surface area contributed by atoms with Gasteiger partial charge in [0.2, 0.25) is 0 Å². The standard InChI is InChI=1S/C17H19BO4/c1-16(2)17(3,4)22-18(21-16)14-8-7-11-5-6-12(15(19)20)9-13(11)10-14/h5-10H,1-4H3,(H,19,20). The van der Waals surface area contributed by atoms with Gasteiger partial charge in [-0.2, -0.15) is 0 Å². The van der Waals surface area contributed by atoms with Crippen LogP contribution in [0.1, 0.15) is 38.1 Å². The zero-order valence-corrected chi connectivity index (χ0v) is 13.2. The summed E-state index contributed by atoms with van der Waals surface area (Å²) >= 11 is 0. The van der Waals surface area contributed by atoms with Crippen molar-refractivity contribution in [3.05, 3.63) is 42.0 Å². The molecule has 5 heteroatoms. The monoisotopic (exact) mass is 298 g/mol. The summed E-state index contributed by atoms with van der Waals surface area (Å²) in [5.41, 5.74) is 0.387. The molecule has 0 atom stereocenters. The third-order valence-electron chi connectivity index (χ3n) is 4.64. The average molecular weight is 298 g/mol. The summed E-state index contributed by atoms with van der Waals surface area (Å²) in [6.07, 6.45) is 0. The van der Waals surface area contributed by atoms with E-state index < -0.39 is 24.3 Å². The number of hydrogen-bond acceptors (Lipinski definition) is 3. The van der Waals surface area contributed by atoms with Gasteiger partial charge in [-0.05, 0) is 56.1 Å². The molecule has 0 saturated carbocycles. The van der Waals surface area contributed by atoms with Crippen molar-refractivity contribution in [3.8, 4) is 0 Å². The van der Waals surface area contributed by atoms with Gasteiger partial charge in [0.1, 0.15) is 0 Å². The molecule has 4 nitrogen and oxygen atoms in total. The normalized spacial score (nSPS) is 19.5. The lowest BCUT2D eigenvalue weighted by molar-refractivity contribution is 0.00578. The highest BCUT2D eigenvalue weighted by Crippen LogP contribution is 2.36. The number of hydrogen-bond donors (Lipinski definition) is 1. The first-order valence-electron chi connectivity index (χ1n) is 7.32. The van der Waals surface area contributed by atoms with Crippen LogP contribution < -0.4 is 5.46 Å². The Balaban J connectivity index is 2.00. The van der Waals surface area contributed by atoms with Crippen LogP contribution in [0, 0.1) is 0 Å². The van der Waals surface area contributed by atoms with E-state index in [0.717, 1.165) is 16.2 Å². The number of aromatic carboxylic acids is 1. The SMILES string of the molecule is CC1(C)OB(c2ccc3ccc(C(=O)O)cc3c2)OC1(C)C. The maximum absolute atomic E-state index is 11.1. The Hall–Kier alpha value is -1.85. The zero-order valence-electron chi connectivity index (χ0n) is 13.2. The van der Waals surface area contributed by atoms with Gasteiger partial charge in [0.05, 0.1) is 16.8 Å². The van der Waals surface area contributed by atoms with Crippen molar-refractivity contribution in [2.45, 2.75) is 38.9 Å². The van der Waals surface area contributed by atoms with E-state index in [1.54, 1.807) is 12.1 Å². The third-order valence-corrected chi connectivity index (χ3v) is 4.64. The zero-order chi connectivity index (χ0) is 16.1. The Bertz CT molecular complexity index is 735. The first-order valence-corrected chi connectivity index (χ1v) is 7.32. The fourth-order valence-electron chi connectivity index (χ4n) is 2.52. The van der Waals surface area contributed by atoms with Gasteiger partial charge in [-0.1, -0.05) is 24.3 Å². The molecule has 114 valence electrons. The largest absolute Gasteiger partial charge is 0.494 e. The van der Waals surface area contributed by atoms with Gasteiger partial charge >= 0.3 is 13.1 Å². The molecule has 0 radical (unpaired) electrons. The van der Waals surface area contributed by atoms with Crippen molar-refractivity contribution in [3.63, 3.8) is 0 Å². The molecule has 0 amide bonds. The molecular formula is C17H19BO4. The molecule has 1 N–H and O–H groups in total. The fraction of sp³-hybridized carbons (Fsp3) is 0.353. The van der Waals surface area contributed by atoms with E-state index >= 15 is 0 Å². The van der Waals surface area contributed by atoms with Crippen molar-refractivity contribution in [2.75, 3.05) is 0 Å². The van der Waals surface area contributed by atoms with Gasteiger partial charge in [0.15, 0.2) is 0 Å². The Morgan fingerprint density at radius 2 is 1.55 bits per heavy atom. The number of carboxylic acids is 1. The molecule has 3 rings (SSSR count). The summed E-state index contributed by atoms with van der Waals surface area (Å²) in [4.78, 5) is 11.1. The van der Waals surface area contributed by atoms with Crippen LogP contribution in [0.5, 0.6) is 0 Å². The lowest BCUT2D eigenvalue weighted by Crippen LogP contribution is -2.41. The van der Waals surface area contributed by atoms with Gasteiger partial charge in [-0.3, -0.25) is 0 Å². The molecule has 0 aromatic heterocycles. The van der Waals surface area contributed by atoms with Gasteiger partial charge in [0.25, 0.3) is 0 Å². The minimum Gasteiger partial charge on any atom is -0.478 e. The summed E-state index contributed by atoms with van der Waals surface area (Å²) in [5.74, 6) is -0.928. The minimum absolute atomic E-state index is 0.276. The minimum atomic E-state index is -0.928. The first-order chi connectivity index (χ1) is 10.2. The fourth-order valence-corrected chi connectivity index (χ4v) is 2.52. The van der Waals surface area contributed by atoms with Crippen LogP contribution in [0.3, 0.4) is 0 Å². The smallest absolute Gasteiger partial charge is 0.478 e. The summed E-state index contributed by atoms with van der Waals surface area (Å²) in [5, 5.41) is 11.0. The quantitative estimate of drug-likeness (QED) is 0.866. The molecule has 1 aliphatic rings. The summed E-state index contributed by atoms with van der Waals surface area (Å²) in [7, 11) is -0.442. The highest BCUT2D eigenvalue weighted by atomic mass is 16.7. The van der Waals surface area contributed by atoms with Crippen LogP contribution in [0.15, 0.2) is 36.4 Å². The Labute approximate surface area is 130 Å². The van der Waals surface area contributed by atoms with Crippen LogP contribution in [0.4, 0.5) is 0 Å². The Morgan fingerprint density at radius 1 is 0.955 bits per heavy atom. The topological polar surface area (TPSA) is 55.8 Å². The van der Waals surface area contributed by atoms with Gasteiger partial charge in [0, 0.05) is 0 Å².